The van der Waals surface area contributed by atoms with Crippen molar-refractivity contribution in [2.24, 2.45) is 0 Å². The number of hydrogen-bond acceptors (Lipinski definition) is 4. The predicted molar refractivity (Wildman–Crippen MR) is 89.3 cm³/mol. The van der Waals surface area contributed by atoms with Crippen LogP contribution in [0.15, 0.2) is 48.5 Å². The molecule has 3 rings (SSSR count). The van der Waals surface area contributed by atoms with E-state index in [0.29, 0.717) is 0 Å². The van der Waals surface area contributed by atoms with E-state index in [1.54, 1.807) is 0 Å². The molecular formula is C16H16Cl2N2O2. The molecule has 0 atom stereocenters. The summed E-state index contributed by atoms with van der Waals surface area (Å²) in [4.78, 5) is 5.06. The normalized spacial score (nSPS) is 27.1. The van der Waals surface area contributed by atoms with Crippen LogP contribution in [-0.4, -0.2) is 22.4 Å². The topological polar surface area (TPSA) is 64.5 Å². The molecular weight excluding hydrogens is 323 g/mol. The fourth-order valence-electron chi connectivity index (χ4n) is 3.03. The lowest BCUT2D eigenvalue weighted by molar-refractivity contribution is -0.0785. The molecule has 22 heavy (non-hydrogen) atoms. The summed E-state index contributed by atoms with van der Waals surface area (Å²) in [5.74, 6) is -0.583. The number of anilines is 2. The molecule has 1 aliphatic rings. The van der Waals surface area contributed by atoms with Gasteiger partial charge in [-0.1, -0.05) is 24.3 Å². The summed E-state index contributed by atoms with van der Waals surface area (Å²) in [7, 11) is 0. The maximum atomic E-state index is 10.5. The van der Waals surface area contributed by atoms with Gasteiger partial charge in [0.25, 0.3) is 0 Å². The number of aliphatic hydroxyl groups excluding tert-OH is 2. The van der Waals surface area contributed by atoms with Crippen molar-refractivity contribution in [2.45, 2.75) is 24.0 Å². The summed E-state index contributed by atoms with van der Waals surface area (Å²) in [5, 5.41) is 20.9. The van der Waals surface area contributed by atoms with Crippen molar-refractivity contribution in [1.82, 2.24) is 0 Å². The van der Waals surface area contributed by atoms with E-state index in [-0.39, 0.29) is 11.8 Å². The van der Waals surface area contributed by atoms with Crippen molar-refractivity contribution in [3.05, 3.63) is 59.7 Å². The minimum Gasteiger partial charge on any atom is -0.392 e. The zero-order valence-electron chi connectivity index (χ0n) is 11.6. The van der Waals surface area contributed by atoms with E-state index in [9.17, 15) is 10.2 Å². The third kappa shape index (κ3) is 2.63. The summed E-state index contributed by atoms with van der Waals surface area (Å²) in [6.45, 7) is 0. The molecule has 1 saturated carbocycles. The van der Waals surface area contributed by atoms with Crippen LogP contribution in [0.25, 0.3) is 0 Å². The first kappa shape index (κ1) is 15.4. The van der Waals surface area contributed by atoms with Crippen LogP contribution in [0.4, 0.5) is 11.4 Å². The summed E-state index contributed by atoms with van der Waals surface area (Å²) in [6.07, 6.45) is -1.25. The van der Waals surface area contributed by atoms with Gasteiger partial charge in [-0.05, 0) is 35.4 Å². The van der Waals surface area contributed by atoms with Gasteiger partial charge in [0.05, 0.1) is 12.2 Å². The van der Waals surface area contributed by atoms with Crippen LogP contribution in [0.2, 0.25) is 0 Å². The Morgan fingerprint density at radius 2 is 0.955 bits per heavy atom. The smallest absolute Gasteiger partial charge is 0.0727 e. The summed E-state index contributed by atoms with van der Waals surface area (Å²) in [6, 6.07) is 14.7. The third-order valence-corrected chi connectivity index (χ3v) is 4.72. The zero-order chi connectivity index (χ0) is 15.7. The minimum atomic E-state index is -0.625. The predicted octanol–water partition coefficient (Wildman–Crippen LogP) is 3.42. The molecule has 0 aromatic heterocycles. The Morgan fingerprint density at radius 1 is 0.636 bits per heavy atom. The van der Waals surface area contributed by atoms with Crippen LogP contribution in [0.1, 0.15) is 23.0 Å². The van der Waals surface area contributed by atoms with Gasteiger partial charge in [0.1, 0.15) is 0 Å². The number of halogens is 2. The Kier molecular flexibility index (Phi) is 4.45. The van der Waals surface area contributed by atoms with Gasteiger partial charge in [0, 0.05) is 46.8 Å². The van der Waals surface area contributed by atoms with Gasteiger partial charge in [0.15, 0.2) is 0 Å². The average molecular weight is 339 g/mol. The van der Waals surface area contributed by atoms with Gasteiger partial charge in [-0.3, -0.25) is 9.67 Å². The zero-order valence-corrected chi connectivity index (χ0v) is 13.1. The number of hydrogen-bond donors (Lipinski definition) is 4. The maximum absolute atomic E-state index is 10.5. The largest absolute Gasteiger partial charge is 0.392 e. The molecule has 1 fully saturated rings. The van der Waals surface area contributed by atoms with Gasteiger partial charge in [-0.2, -0.15) is 0 Å². The third-order valence-electron chi connectivity index (χ3n) is 4.28. The Balaban J connectivity index is 1.77. The fourth-order valence-corrected chi connectivity index (χ4v) is 3.28. The highest BCUT2D eigenvalue weighted by Crippen LogP contribution is 2.48. The second-order valence-corrected chi connectivity index (χ2v) is 5.84. The number of nitrogens with one attached hydrogen (secondary N) is 2. The van der Waals surface area contributed by atoms with Crippen molar-refractivity contribution >= 4 is 34.9 Å². The molecule has 2 aromatic rings. The first-order valence-electron chi connectivity index (χ1n) is 6.95. The molecule has 116 valence electrons. The molecule has 2 aromatic carbocycles. The Hall–Kier alpha value is -1.46. The van der Waals surface area contributed by atoms with Gasteiger partial charge in [0.2, 0.25) is 0 Å². The summed E-state index contributed by atoms with van der Waals surface area (Å²) >= 11 is 11.1. The molecule has 1 aliphatic carbocycles. The molecule has 0 radical (unpaired) electrons. The van der Waals surface area contributed by atoms with E-state index < -0.39 is 12.2 Å². The molecule has 4 nitrogen and oxygen atoms in total. The van der Waals surface area contributed by atoms with E-state index in [2.05, 4.69) is 9.67 Å². The van der Waals surface area contributed by atoms with Crippen molar-refractivity contribution in [3.8, 4) is 0 Å². The van der Waals surface area contributed by atoms with E-state index >= 15 is 0 Å². The van der Waals surface area contributed by atoms with Gasteiger partial charge in [-0.25, -0.2) is 0 Å². The Bertz CT molecular complexity index is 568. The Labute approximate surface area is 138 Å². The monoisotopic (exact) mass is 338 g/mol. The molecule has 0 bridgehead atoms. The van der Waals surface area contributed by atoms with Crippen molar-refractivity contribution in [1.29, 1.82) is 0 Å². The SMILES string of the molecule is OC1C(c2ccc(NCl)cc2)C(O)C1c1ccc(NCl)cc1. The van der Waals surface area contributed by atoms with Crippen LogP contribution in [0.5, 0.6) is 0 Å². The molecule has 0 unspecified atom stereocenters. The van der Waals surface area contributed by atoms with E-state index in [0.717, 1.165) is 22.5 Å². The average Bonchev–Trinajstić information content (AvgIpc) is 2.56. The molecule has 6 heteroatoms. The maximum Gasteiger partial charge on any atom is 0.0727 e. The van der Waals surface area contributed by atoms with Crippen LogP contribution < -0.4 is 9.67 Å². The molecule has 0 heterocycles. The van der Waals surface area contributed by atoms with Crippen molar-refractivity contribution < 1.29 is 10.2 Å². The summed E-state index contributed by atoms with van der Waals surface area (Å²) in [5.41, 5.74) is 3.33. The van der Waals surface area contributed by atoms with Crippen LogP contribution >= 0.6 is 23.6 Å². The lowest BCUT2D eigenvalue weighted by Crippen LogP contribution is -2.51. The lowest BCUT2D eigenvalue weighted by atomic mass is 9.63. The van der Waals surface area contributed by atoms with E-state index in [1.165, 1.54) is 0 Å². The van der Waals surface area contributed by atoms with E-state index in [4.69, 9.17) is 23.6 Å². The highest BCUT2D eigenvalue weighted by atomic mass is 35.5. The second kappa shape index (κ2) is 6.34. The standard InChI is InChI=1S/C16H16Cl2N2O2/c17-19-11-5-1-9(2-6-11)13-15(21)14(16(13)22)10-3-7-12(20-18)8-4-10/h1-8,13-16,19-22H. The van der Waals surface area contributed by atoms with Crippen molar-refractivity contribution in [2.75, 3.05) is 9.67 Å². The van der Waals surface area contributed by atoms with Crippen LogP contribution in [0.3, 0.4) is 0 Å². The number of rotatable bonds is 4. The molecule has 0 amide bonds. The highest BCUT2D eigenvalue weighted by Gasteiger charge is 2.50. The first-order valence-corrected chi connectivity index (χ1v) is 7.70. The molecule has 0 spiro atoms. The number of benzene rings is 2. The van der Waals surface area contributed by atoms with E-state index in [1.807, 2.05) is 48.5 Å². The lowest BCUT2D eigenvalue weighted by Gasteiger charge is -2.47. The molecule has 0 saturated heterocycles. The van der Waals surface area contributed by atoms with Crippen LogP contribution in [-0.2, 0) is 0 Å². The fraction of sp³-hybridized carbons (Fsp3) is 0.250. The first-order chi connectivity index (χ1) is 10.7. The van der Waals surface area contributed by atoms with Crippen LogP contribution in [0, 0.1) is 0 Å². The van der Waals surface area contributed by atoms with Crippen molar-refractivity contribution in [3.63, 3.8) is 0 Å². The van der Waals surface area contributed by atoms with Gasteiger partial charge < -0.3 is 10.2 Å². The molecule has 4 N–H and O–H groups in total. The second-order valence-electron chi connectivity index (χ2n) is 5.47. The molecule has 0 aliphatic heterocycles. The quantitative estimate of drug-likeness (QED) is 0.645. The minimum absolute atomic E-state index is 0.291. The van der Waals surface area contributed by atoms with Gasteiger partial charge in [-0.15, -0.1) is 0 Å². The van der Waals surface area contributed by atoms with Gasteiger partial charge >= 0.3 is 0 Å². The Morgan fingerprint density at radius 3 is 1.23 bits per heavy atom. The summed E-state index contributed by atoms with van der Waals surface area (Å²) < 4.78 is 0. The number of aliphatic hydroxyl groups is 2. The highest BCUT2D eigenvalue weighted by molar-refractivity contribution is 6.24.